The van der Waals surface area contributed by atoms with Gasteiger partial charge in [0.15, 0.2) is 23.0 Å². The molecule has 2 rings (SSSR count). The summed E-state index contributed by atoms with van der Waals surface area (Å²) < 4.78 is 21.7. The first-order valence-corrected chi connectivity index (χ1v) is 11.7. The Morgan fingerprint density at radius 3 is 1.94 bits per heavy atom. The molecule has 0 heterocycles. The van der Waals surface area contributed by atoms with Gasteiger partial charge in [-0.2, -0.15) is 0 Å². The van der Waals surface area contributed by atoms with Crippen LogP contribution in [0.15, 0.2) is 36.4 Å². The van der Waals surface area contributed by atoms with E-state index in [2.05, 4.69) is 50.1 Å². The molecule has 1 atom stereocenters. The van der Waals surface area contributed by atoms with Crippen molar-refractivity contribution in [3.8, 4) is 23.0 Å². The Balaban J connectivity index is 2.01. The van der Waals surface area contributed by atoms with Gasteiger partial charge in [0.25, 0.3) is 0 Å². The van der Waals surface area contributed by atoms with Crippen LogP contribution in [0.4, 0.5) is 0 Å². The number of rotatable bonds is 14. The maximum atomic E-state index is 6.40. The summed E-state index contributed by atoms with van der Waals surface area (Å²) in [7, 11) is 8.84. The molecule has 6 nitrogen and oxygen atoms in total. The fraction of sp³-hybridized carbons (Fsp3) is 0.556. The quantitative estimate of drug-likeness (QED) is 0.449. The molecular formula is C27H42N2O4. The minimum atomic E-state index is -0.107. The predicted molar refractivity (Wildman–Crippen MR) is 135 cm³/mol. The van der Waals surface area contributed by atoms with Gasteiger partial charge in [-0.15, -0.1) is 0 Å². The summed E-state index contributed by atoms with van der Waals surface area (Å²) in [4.78, 5) is 2.38. The van der Waals surface area contributed by atoms with Crippen LogP contribution in [0.3, 0.4) is 0 Å². The normalized spacial score (nSPS) is 13.2. The summed E-state index contributed by atoms with van der Waals surface area (Å²) in [5.41, 5.74) is 8.74. The van der Waals surface area contributed by atoms with Gasteiger partial charge in [0, 0.05) is 18.5 Å². The second-order valence-corrected chi connectivity index (χ2v) is 8.93. The first kappa shape index (κ1) is 26.8. The van der Waals surface area contributed by atoms with Crippen molar-refractivity contribution in [3.63, 3.8) is 0 Å². The van der Waals surface area contributed by atoms with Gasteiger partial charge in [-0.1, -0.05) is 26.0 Å². The van der Waals surface area contributed by atoms with E-state index in [9.17, 15) is 0 Å². The Morgan fingerprint density at radius 1 is 0.818 bits per heavy atom. The Bertz CT molecular complexity index is 871. The number of benzene rings is 2. The zero-order valence-electron chi connectivity index (χ0n) is 21.4. The Hall–Kier alpha value is -2.44. The van der Waals surface area contributed by atoms with Gasteiger partial charge in [-0.3, -0.25) is 0 Å². The minimum Gasteiger partial charge on any atom is -0.493 e. The van der Waals surface area contributed by atoms with Crippen molar-refractivity contribution in [2.45, 2.75) is 38.5 Å². The van der Waals surface area contributed by atoms with Crippen LogP contribution in [0.2, 0.25) is 0 Å². The SMILES string of the molecule is COc1ccc(CCN(C)CCCC(CN)(c2ccc(OC)c(OC)c2)C(C)C)cc1OC. The van der Waals surface area contributed by atoms with Gasteiger partial charge >= 0.3 is 0 Å². The van der Waals surface area contributed by atoms with Crippen LogP contribution in [0.25, 0.3) is 0 Å². The van der Waals surface area contributed by atoms with Gasteiger partial charge in [0.2, 0.25) is 0 Å². The highest BCUT2D eigenvalue weighted by Crippen LogP contribution is 2.40. The molecule has 0 aliphatic heterocycles. The molecule has 0 radical (unpaired) electrons. The molecule has 0 amide bonds. The molecule has 1 unspecified atom stereocenters. The van der Waals surface area contributed by atoms with Crippen LogP contribution in [0.5, 0.6) is 23.0 Å². The highest BCUT2D eigenvalue weighted by atomic mass is 16.5. The van der Waals surface area contributed by atoms with E-state index in [0.29, 0.717) is 12.5 Å². The molecule has 0 bridgehead atoms. The van der Waals surface area contributed by atoms with Crippen molar-refractivity contribution in [2.24, 2.45) is 11.7 Å². The summed E-state index contributed by atoms with van der Waals surface area (Å²) >= 11 is 0. The van der Waals surface area contributed by atoms with E-state index >= 15 is 0 Å². The number of ether oxygens (including phenoxy) is 4. The van der Waals surface area contributed by atoms with Crippen LogP contribution in [0, 0.1) is 5.92 Å². The molecule has 0 saturated carbocycles. The van der Waals surface area contributed by atoms with Crippen LogP contribution in [-0.4, -0.2) is 60.0 Å². The molecule has 0 fully saturated rings. The summed E-state index contributed by atoms with van der Waals surface area (Å²) in [6, 6.07) is 12.3. The van der Waals surface area contributed by atoms with E-state index in [4.69, 9.17) is 24.7 Å². The van der Waals surface area contributed by atoms with Crippen molar-refractivity contribution in [2.75, 3.05) is 55.1 Å². The van der Waals surface area contributed by atoms with E-state index in [-0.39, 0.29) is 5.41 Å². The fourth-order valence-electron chi connectivity index (χ4n) is 4.50. The van der Waals surface area contributed by atoms with Gasteiger partial charge in [-0.05, 0) is 74.2 Å². The number of nitrogens with two attached hydrogens (primary N) is 1. The minimum absolute atomic E-state index is 0.107. The smallest absolute Gasteiger partial charge is 0.161 e. The number of hydrogen-bond donors (Lipinski definition) is 1. The molecule has 0 aromatic heterocycles. The van der Waals surface area contributed by atoms with Crippen LogP contribution in [-0.2, 0) is 11.8 Å². The summed E-state index contributed by atoms with van der Waals surface area (Å²) in [5, 5.41) is 0. The van der Waals surface area contributed by atoms with E-state index in [1.54, 1.807) is 28.4 Å². The predicted octanol–water partition coefficient (Wildman–Crippen LogP) is 4.53. The average Bonchev–Trinajstić information content (AvgIpc) is 2.84. The molecule has 0 saturated heterocycles. The van der Waals surface area contributed by atoms with Gasteiger partial charge in [0.1, 0.15) is 0 Å². The topological polar surface area (TPSA) is 66.2 Å². The third-order valence-electron chi connectivity index (χ3n) is 6.82. The van der Waals surface area contributed by atoms with E-state index in [1.165, 1.54) is 11.1 Å². The van der Waals surface area contributed by atoms with E-state index in [0.717, 1.165) is 55.4 Å². The molecule has 6 heteroatoms. The highest BCUT2D eigenvalue weighted by molar-refractivity contribution is 5.46. The first-order valence-electron chi connectivity index (χ1n) is 11.7. The zero-order valence-corrected chi connectivity index (χ0v) is 21.4. The average molecular weight is 459 g/mol. The molecule has 33 heavy (non-hydrogen) atoms. The second kappa shape index (κ2) is 12.7. The number of hydrogen-bond acceptors (Lipinski definition) is 6. The second-order valence-electron chi connectivity index (χ2n) is 8.93. The third-order valence-corrected chi connectivity index (χ3v) is 6.82. The lowest BCUT2D eigenvalue weighted by atomic mass is 9.68. The molecule has 184 valence electrons. The Morgan fingerprint density at radius 2 is 1.39 bits per heavy atom. The lowest BCUT2D eigenvalue weighted by Gasteiger charge is -2.38. The molecule has 0 spiro atoms. The van der Waals surface area contributed by atoms with Crippen LogP contribution < -0.4 is 24.7 Å². The number of likely N-dealkylation sites (N-methyl/N-ethyl adjacent to an activating group) is 1. The molecule has 2 aromatic rings. The zero-order chi connectivity index (χ0) is 24.4. The molecular weight excluding hydrogens is 416 g/mol. The molecule has 2 N–H and O–H groups in total. The number of methoxy groups -OCH3 is 4. The van der Waals surface area contributed by atoms with Crippen molar-refractivity contribution in [3.05, 3.63) is 47.5 Å². The van der Waals surface area contributed by atoms with Crippen molar-refractivity contribution in [1.82, 2.24) is 4.90 Å². The maximum Gasteiger partial charge on any atom is 0.161 e. The summed E-state index contributed by atoms with van der Waals surface area (Å²) in [5.74, 6) is 3.43. The van der Waals surface area contributed by atoms with Crippen LogP contribution in [0.1, 0.15) is 37.8 Å². The molecule has 2 aromatic carbocycles. The standard InChI is InChI=1S/C27H42N2O4/c1-20(2)27(19-28,22-10-12-24(31-5)26(18-22)33-7)14-8-15-29(3)16-13-21-9-11-23(30-4)25(17-21)32-6/h9-12,17-18,20H,8,13-16,19,28H2,1-7H3. The van der Waals surface area contributed by atoms with Crippen LogP contribution >= 0.6 is 0 Å². The van der Waals surface area contributed by atoms with Gasteiger partial charge < -0.3 is 29.6 Å². The fourth-order valence-corrected chi connectivity index (χ4v) is 4.50. The Kier molecular flexibility index (Phi) is 10.3. The van der Waals surface area contributed by atoms with Crippen molar-refractivity contribution < 1.29 is 18.9 Å². The number of nitrogens with zero attached hydrogens (tertiary/aromatic N) is 1. The van der Waals surface area contributed by atoms with E-state index < -0.39 is 0 Å². The maximum absolute atomic E-state index is 6.40. The molecule has 0 aliphatic rings. The van der Waals surface area contributed by atoms with Crippen molar-refractivity contribution >= 4 is 0 Å². The van der Waals surface area contributed by atoms with E-state index in [1.807, 2.05) is 12.1 Å². The van der Waals surface area contributed by atoms with Gasteiger partial charge in [-0.25, -0.2) is 0 Å². The molecule has 0 aliphatic carbocycles. The summed E-state index contributed by atoms with van der Waals surface area (Å²) in [6.07, 6.45) is 3.03. The highest BCUT2D eigenvalue weighted by Gasteiger charge is 2.34. The largest absolute Gasteiger partial charge is 0.493 e. The third kappa shape index (κ3) is 6.55. The monoisotopic (exact) mass is 458 g/mol. The summed E-state index contributed by atoms with van der Waals surface area (Å²) in [6.45, 7) is 7.09. The lowest BCUT2D eigenvalue weighted by Crippen LogP contribution is -2.41. The Labute approximate surface area is 200 Å². The van der Waals surface area contributed by atoms with Gasteiger partial charge in [0.05, 0.1) is 28.4 Å². The lowest BCUT2D eigenvalue weighted by molar-refractivity contribution is 0.255. The first-order chi connectivity index (χ1) is 15.8. The van der Waals surface area contributed by atoms with Crippen molar-refractivity contribution in [1.29, 1.82) is 0 Å².